The van der Waals surface area contributed by atoms with Gasteiger partial charge in [0.2, 0.25) is 0 Å². The molecule has 7 heteroatoms. The molecular weight excluding hydrogens is 326 g/mol. The van der Waals surface area contributed by atoms with Gasteiger partial charge in [-0.2, -0.15) is 0 Å². The third-order valence-corrected chi connectivity index (χ3v) is 3.65. The standard InChI is InChI=1S/C17H21N3O3S/c1-17(2,3)20-14(21)10-23-15(22)13-11-24-16(19-13)18-9-12-7-5-4-6-8-12/h4-8,11H,9-10H2,1-3H3,(H,18,19)(H,20,21). The number of nitrogens with one attached hydrogen (secondary N) is 2. The topological polar surface area (TPSA) is 80.3 Å². The van der Waals surface area contributed by atoms with Crippen LogP contribution in [-0.4, -0.2) is 29.0 Å². The molecule has 1 amide bonds. The molecule has 0 fully saturated rings. The fraction of sp³-hybridized carbons (Fsp3) is 0.353. The van der Waals surface area contributed by atoms with E-state index in [0.717, 1.165) is 5.56 Å². The van der Waals surface area contributed by atoms with E-state index in [1.165, 1.54) is 11.3 Å². The highest BCUT2D eigenvalue weighted by atomic mass is 32.1. The van der Waals surface area contributed by atoms with Crippen molar-refractivity contribution in [3.63, 3.8) is 0 Å². The van der Waals surface area contributed by atoms with Crippen molar-refractivity contribution in [1.82, 2.24) is 10.3 Å². The van der Waals surface area contributed by atoms with Gasteiger partial charge in [0.25, 0.3) is 5.91 Å². The van der Waals surface area contributed by atoms with Crippen LogP contribution in [0, 0.1) is 0 Å². The number of hydrogen-bond donors (Lipinski definition) is 2. The monoisotopic (exact) mass is 347 g/mol. The lowest BCUT2D eigenvalue weighted by atomic mass is 10.1. The quantitative estimate of drug-likeness (QED) is 0.786. The molecule has 2 N–H and O–H groups in total. The van der Waals surface area contributed by atoms with E-state index in [2.05, 4.69) is 15.6 Å². The van der Waals surface area contributed by atoms with Crippen molar-refractivity contribution in [3.8, 4) is 0 Å². The maximum atomic E-state index is 11.9. The van der Waals surface area contributed by atoms with E-state index in [9.17, 15) is 9.59 Å². The van der Waals surface area contributed by atoms with Gasteiger partial charge in [-0.3, -0.25) is 4.79 Å². The Labute approximate surface area is 145 Å². The summed E-state index contributed by atoms with van der Waals surface area (Å²) in [6.07, 6.45) is 0. The summed E-state index contributed by atoms with van der Waals surface area (Å²) in [5.41, 5.74) is 0.952. The number of anilines is 1. The third kappa shape index (κ3) is 6.00. The largest absolute Gasteiger partial charge is 0.451 e. The van der Waals surface area contributed by atoms with E-state index in [1.807, 2.05) is 51.1 Å². The minimum absolute atomic E-state index is 0.194. The normalized spacial score (nSPS) is 11.0. The first-order valence-electron chi connectivity index (χ1n) is 7.55. The first-order chi connectivity index (χ1) is 11.3. The van der Waals surface area contributed by atoms with Gasteiger partial charge in [-0.15, -0.1) is 11.3 Å². The van der Waals surface area contributed by atoms with Crippen molar-refractivity contribution >= 4 is 28.3 Å². The van der Waals surface area contributed by atoms with Gasteiger partial charge in [0.05, 0.1) is 0 Å². The average Bonchev–Trinajstić information content (AvgIpc) is 2.99. The number of amides is 1. The SMILES string of the molecule is CC(C)(C)NC(=O)COC(=O)c1csc(NCc2ccccc2)n1. The Morgan fingerprint density at radius 1 is 1.21 bits per heavy atom. The fourth-order valence-electron chi connectivity index (χ4n) is 1.88. The molecule has 1 aromatic carbocycles. The first kappa shape index (κ1) is 17.9. The minimum Gasteiger partial charge on any atom is -0.451 e. The van der Waals surface area contributed by atoms with E-state index in [1.54, 1.807) is 5.38 Å². The molecule has 1 aromatic heterocycles. The molecule has 0 saturated heterocycles. The van der Waals surface area contributed by atoms with Crippen molar-refractivity contribution < 1.29 is 14.3 Å². The number of benzene rings is 1. The third-order valence-electron chi connectivity index (χ3n) is 2.85. The highest BCUT2D eigenvalue weighted by molar-refractivity contribution is 7.13. The lowest BCUT2D eigenvalue weighted by Crippen LogP contribution is -2.42. The Balaban J connectivity index is 1.81. The summed E-state index contributed by atoms with van der Waals surface area (Å²) < 4.78 is 4.98. The van der Waals surface area contributed by atoms with Gasteiger partial charge in [-0.05, 0) is 26.3 Å². The van der Waals surface area contributed by atoms with Crippen LogP contribution in [0.2, 0.25) is 0 Å². The second kappa shape index (κ2) is 7.92. The van der Waals surface area contributed by atoms with E-state index in [0.29, 0.717) is 11.7 Å². The fourth-order valence-corrected chi connectivity index (χ4v) is 2.56. The summed E-state index contributed by atoms with van der Waals surface area (Å²) in [6.45, 7) is 5.88. The zero-order valence-corrected chi connectivity index (χ0v) is 14.8. The Morgan fingerprint density at radius 3 is 2.58 bits per heavy atom. The van der Waals surface area contributed by atoms with Crippen LogP contribution in [0.5, 0.6) is 0 Å². The predicted molar refractivity (Wildman–Crippen MR) is 94.1 cm³/mol. The van der Waals surface area contributed by atoms with Crippen LogP contribution >= 0.6 is 11.3 Å². The van der Waals surface area contributed by atoms with Gasteiger partial charge in [0.1, 0.15) is 0 Å². The molecule has 0 atom stereocenters. The van der Waals surface area contributed by atoms with Gasteiger partial charge < -0.3 is 15.4 Å². The molecule has 0 aliphatic carbocycles. The number of hydrogen-bond acceptors (Lipinski definition) is 6. The Bertz CT molecular complexity index is 693. The van der Waals surface area contributed by atoms with Crippen molar-refractivity contribution in [3.05, 3.63) is 47.0 Å². The summed E-state index contributed by atoms with van der Waals surface area (Å²) >= 11 is 1.32. The Kier molecular flexibility index (Phi) is 5.92. The van der Waals surface area contributed by atoms with Crippen LogP contribution in [0.1, 0.15) is 36.8 Å². The Hall–Kier alpha value is -2.41. The van der Waals surface area contributed by atoms with Crippen LogP contribution in [-0.2, 0) is 16.1 Å². The molecule has 0 aliphatic rings. The summed E-state index contributed by atoms with van der Waals surface area (Å²) in [7, 11) is 0. The molecule has 0 bridgehead atoms. The summed E-state index contributed by atoms with van der Waals surface area (Å²) in [5.74, 6) is -0.948. The maximum Gasteiger partial charge on any atom is 0.358 e. The Morgan fingerprint density at radius 2 is 1.92 bits per heavy atom. The number of rotatable bonds is 6. The lowest BCUT2D eigenvalue weighted by molar-refractivity contribution is -0.125. The molecule has 2 aromatic rings. The highest BCUT2D eigenvalue weighted by Crippen LogP contribution is 2.17. The van der Waals surface area contributed by atoms with Crippen LogP contribution in [0.4, 0.5) is 5.13 Å². The molecule has 0 aliphatic heterocycles. The highest BCUT2D eigenvalue weighted by Gasteiger charge is 2.17. The second-order valence-corrected chi connectivity index (χ2v) is 7.11. The number of esters is 1. The number of aromatic nitrogens is 1. The molecule has 0 spiro atoms. The van der Waals surface area contributed by atoms with Crippen LogP contribution in [0.3, 0.4) is 0 Å². The zero-order chi connectivity index (χ0) is 17.6. The molecule has 128 valence electrons. The van der Waals surface area contributed by atoms with Crippen molar-refractivity contribution in [2.24, 2.45) is 0 Å². The van der Waals surface area contributed by atoms with Gasteiger partial charge >= 0.3 is 5.97 Å². The van der Waals surface area contributed by atoms with Crippen LogP contribution in [0.15, 0.2) is 35.7 Å². The first-order valence-corrected chi connectivity index (χ1v) is 8.43. The zero-order valence-electron chi connectivity index (χ0n) is 14.0. The average molecular weight is 347 g/mol. The van der Waals surface area contributed by atoms with Gasteiger partial charge in [0.15, 0.2) is 17.4 Å². The number of carbonyl (C=O) groups excluding carboxylic acids is 2. The van der Waals surface area contributed by atoms with Crippen LogP contribution in [0.25, 0.3) is 0 Å². The second-order valence-electron chi connectivity index (χ2n) is 6.25. The van der Waals surface area contributed by atoms with E-state index in [4.69, 9.17) is 4.74 Å². The van der Waals surface area contributed by atoms with E-state index in [-0.39, 0.29) is 23.7 Å². The molecule has 24 heavy (non-hydrogen) atoms. The molecule has 6 nitrogen and oxygen atoms in total. The van der Waals surface area contributed by atoms with Gasteiger partial charge in [-0.1, -0.05) is 30.3 Å². The van der Waals surface area contributed by atoms with Gasteiger partial charge in [0, 0.05) is 17.5 Å². The number of thiazole rings is 1. The molecule has 1 heterocycles. The predicted octanol–water partition coefficient (Wildman–Crippen LogP) is 2.83. The summed E-state index contributed by atoms with van der Waals surface area (Å²) in [4.78, 5) is 27.7. The molecular formula is C17H21N3O3S. The molecule has 2 rings (SSSR count). The smallest absolute Gasteiger partial charge is 0.358 e. The summed E-state index contributed by atoms with van der Waals surface area (Å²) in [5, 5.41) is 8.11. The number of carbonyl (C=O) groups is 2. The van der Waals surface area contributed by atoms with Crippen molar-refractivity contribution in [1.29, 1.82) is 0 Å². The van der Waals surface area contributed by atoms with Crippen molar-refractivity contribution in [2.45, 2.75) is 32.9 Å². The maximum absolute atomic E-state index is 11.9. The van der Waals surface area contributed by atoms with E-state index >= 15 is 0 Å². The lowest BCUT2D eigenvalue weighted by Gasteiger charge is -2.20. The van der Waals surface area contributed by atoms with Crippen LogP contribution < -0.4 is 10.6 Å². The molecule has 0 unspecified atom stereocenters. The number of nitrogens with zero attached hydrogens (tertiary/aromatic N) is 1. The minimum atomic E-state index is -0.608. The van der Waals surface area contributed by atoms with E-state index < -0.39 is 5.97 Å². The molecule has 0 saturated carbocycles. The van der Waals surface area contributed by atoms with Crippen molar-refractivity contribution in [2.75, 3.05) is 11.9 Å². The van der Waals surface area contributed by atoms with Gasteiger partial charge in [-0.25, -0.2) is 9.78 Å². The summed E-state index contributed by atoms with van der Waals surface area (Å²) in [6, 6.07) is 9.89. The molecule has 0 radical (unpaired) electrons. The number of ether oxygens (including phenoxy) is 1.